The van der Waals surface area contributed by atoms with Crippen LogP contribution in [-0.2, 0) is 0 Å². The van der Waals surface area contributed by atoms with Crippen molar-refractivity contribution in [1.29, 1.82) is 0 Å². The minimum Gasteiger partial charge on any atom is -0.508 e. The van der Waals surface area contributed by atoms with Gasteiger partial charge < -0.3 is 10.4 Å². The molecule has 2 aromatic rings. The quantitative estimate of drug-likeness (QED) is 0.659. The van der Waals surface area contributed by atoms with Crippen LogP contribution >= 0.6 is 0 Å². The average Bonchev–Trinajstić information content (AvgIpc) is 2.40. The summed E-state index contributed by atoms with van der Waals surface area (Å²) in [6.45, 7) is 1.70. The maximum atomic E-state index is 12.1. The zero-order valence-corrected chi connectivity index (χ0v) is 10.5. The number of carbonyl (C=O) groups excluding carboxylic acids is 1. The van der Waals surface area contributed by atoms with E-state index in [-0.39, 0.29) is 17.0 Å². The summed E-state index contributed by atoms with van der Waals surface area (Å²) in [6.07, 6.45) is 1.57. The molecule has 2 rings (SSSR count). The van der Waals surface area contributed by atoms with Gasteiger partial charge in [-0.15, -0.1) is 0 Å². The highest BCUT2D eigenvalue weighted by Gasteiger charge is 2.21. The third-order valence-corrected chi connectivity index (χ3v) is 2.68. The lowest BCUT2D eigenvalue weighted by atomic mass is 10.1. The number of benzene rings is 1. The number of phenols is 1. The van der Waals surface area contributed by atoms with Crippen LogP contribution in [-0.4, -0.2) is 20.9 Å². The van der Waals surface area contributed by atoms with E-state index in [1.54, 1.807) is 25.3 Å². The molecule has 1 aromatic heterocycles. The predicted molar refractivity (Wildman–Crippen MR) is 71.7 cm³/mol. The van der Waals surface area contributed by atoms with E-state index in [0.717, 1.165) is 18.2 Å². The summed E-state index contributed by atoms with van der Waals surface area (Å²) in [4.78, 5) is 26.3. The highest BCUT2D eigenvalue weighted by molar-refractivity contribution is 6.07. The van der Waals surface area contributed by atoms with Crippen LogP contribution < -0.4 is 5.32 Å². The van der Waals surface area contributed by atoms with E-state index >= 15 is 0 Å². The van der Waals surface area contributed by atoms with Crippen molar-refractivity contribution in [2.75, 3.05) is 5.32 Å². The molecule has 0 aliphatic heterocycles. The monoisotopic (exact) mass is 273 g/mol. The topological polar surface area (TPSA) is 105 Å². The first-order chi connectivity index (χ1) is 9.49. The zero-order chi connectivity index (χ0) is 14.7. The SMILES string of the molecule is Cc1ncccc1NC(=O)c1cc(O)ccc1[N+](=O)[O-]. The van der Waals surface area contributed by atoms with Gasteiger partial charge in [-0.3, -0.25) is 19.9 Å². The molecule has 20 heavy (non-hydrogen) atoms. The molecule has 0 radical (unpaired) electrons. The minimum atomic E-state index is -0.677. The van der Waals surface area contributed by atoms with Crippen molar-refractivity contribution in [2.45, 2.75) is 6.92 Å². The molecule has 1 aromatic carbocycles. The van der Waals surface area contributed by atoms with Crippen LogP contribution in [0.2, 0.25) is 0 Å². The van der Waals surface area contributed by atoms with Gasteiger partial charge in [-0.1, -0.05) is 0 Å². The Bertz CT molecular complexity index is 685. The number of nitrogens with one attached hydrogen (secondary N) is 1. The predicted octanol–water partition coefficient (Wildman–Crippen LogP) is 2.26. The van der Waals surface area contributed by atoms with Crippen LogP contribution in [0.1, 0.15) is 16.1 Å². The number of aromatic nitrogens is 1. The van der Waals surface area contributed by atoms with Crippen LogP contribution in [0.5, 0.6) is 5.75 Å². The normalized spacial score (nSPS) is 10.1. The van der Waals surface area contributed by atoms with E-state index in [4.69, 9.17) is 0 Å². The Balaban J connectivity index is 2.37. The number of hydrogen-bond acceptors (Lipinski definition) is 5. The summed E-state index contributed by atoms with van der Waals surface area (Å²) in [7, 11) is 0. The van der Waals surface area contributed by atoms with E-state index in [1.165, 1.54) is 0 Å². The van der Waals surface area contributed by atoms with Gasteiger partial charge >= 0.3 is 0 Å². The lowest BCUT2D eigenvalue weighted by molar-refractivity contribution is -0.385. The lowest BCUT2D eigenvalue weighted by Gasteiger charge is -2.08. The molecule has 0 aliphatic carbocycles. The molecule has 0 fully saturated rings. The maximum Gasteiger partial charge on any atom is 0.282 e. The number of pyridine rings is 1. The standard InChI is InChI=1S/C13H11N3O4/c1-8-11(3-2-6-14-8)15-13(18)10-7-9(17)4-5-12(10)16(19)20/h2-7,17H,1H3,(H,15,18). The average molecular weight is 273 g/mol. The van der Waals surface area contributed by atoms with Gasteiger partial charge in [-0.2, -0.15) is 0 Å². The van der Waals surface area contributed by atoms with Crippen molar-refractivity contribution in [1.82, 2.24) is 4.98 Å². The van der Waals surface area contributed by atoms with Gasteiger partial charge in [-0.05, 0) is 31.2 Å². The van der Waals surface area contributed by atoms with Gasteiger partial charge in [0.2, 0.25) is 0 Å². The Hall–Kier alpha value is -2.96. The Kier molecular flexibility index (Phi) is 3.60. The molecule has 7 nitrogen and oxygen atoms in total. The van der Waals surface area contributed by atoms with Crippen molar-refractivity contribution in [3.63, 3.8) is 0 Å². The van der Waals surface area contributed by atoms with Crippen LogP contribution in [0, 0.1) is 17.0 Å². The number of anilines is 1. The second kappa shape index (κ2) is 5.35. The Morgan fingerprint density at radius 1 is 1.40 bits per heavy atom. The molecule has 0 saturated heterocycles. The summed E-state index contributed by atoms with van der Waals surface area (Å²) < 4.78 is 0. The fourth-order valence-corrected chi connectivity index (χ4v) is 1.67. The van der Waals surface area contributed by atoms with Crippen LogP contribution in [0.15, 0.2) is 36.5 Å². The lowest BCUT2D eigenvalue weighted by Crippen LogP contribution is -2.14. The molecule has 0 bridgehead atoms. The number of carbonyl (C=O) groups is 1. The van der Waals surface area contributed by atoms with E-state index in [2.05, 4.69) is 10.3 Å². The molecular formula is C13H11N3O4. The van der Waals surface area contributed by atoms with Gasteiger partial charge in [0, 0.05) is 12.3 Å². The number of hydrogen-bond donors (Lipinski definition) is 2. The molecule has 1 heterocycles. The highest BCUT2D eigenvalue weighted by Crippen LogP contribution is 2.24. The first kappa shape index (κ1) is 13.5. The van der Waals surface area contributed by atoms with Crippen molar-refractivity contribution in [3.8, 4) is 5.75 Å². The van der Waals surface area contributed by atoms with Crippen molar-refractivity contribution < 1.29 is 14.8 Å². The van der Waals surface area contributed by atoms with Gasteiger partial charge in [0.25, 0.3) is 11.6 Å². The number of amides is 1. The molecule has 0 aliphatic rings. The van der Waals surface area contributed by atoms with Crippen molar-refractivity contribution in [3.05, 3.63) is 57.9 Å². The van der Waals surface area contributed by atoms with Crippen LogP contribution in [0.25, 0.3) is 0 Å². The van der Waals surface area contributed by atoms with Gasteiger partial charge in [0.05, 0.1) is 16.3 Å². The fourth-order valence-electron chi connectivity index (χ4n) is 1.67. The summed E-state index contributed by atoms with van der Waals surface area (Å²) in [6, 6.07) is 6.57. The minimum absolute atomic E-state index is 0.210. The largest absolute Gasteiger partial charge is 0.508 e. The summed E-state index contributed by atoms with van der Waals surface area (Å²) >= 11 is 0. The molecule has 0 spiro atoms. The van der Waals surface area contributed by atoms with E-state index < -0.39 is 10.8 Å². The Labute approximate surface area is 114 Å². The van der Waals surface area contributed by atoms with Gasteiger partial charge in [0.1, 0.15) is 11.3 Å². The zero-order valence-electron chi connectivity index (χ0n) is 10.5. The second-order valence-corrected chi connectivity index (χ2v) is 4.05. The molecule has 1 amide bonds. The Morgan fingerprint density at radius 3 is 2.80 bits per heavy atom. The highest BCUT2D eigenvalue weighted by atomic mass is 16.6. The van der Waals surface area contributed by atoms with Crippen molar-refractivity contribution >= 4 is 17.3 Å². The molecule has 7 heteroatoms. The molecule has 0 saturated carbocycles. The summed E-state index contributed by atoms with van der Waals surface area (Å²) in [5.41, 5.74) is 0.457. The summed E-state index contributed by atoms with van der Waals surface area (Å²) in [5, 5.41) is 22.8. The van der Waals surface area contributed by atoms with E-state index in [1.807, 2.05) is 0 Å². The molecule has 0 atom stereocenters. The number of aromatic hydroxyl groups is 1. The van der Waals surface area contributed by atoms with Gasteiger partial charge in [0.15, 0.2) is 0 Å². The molecule has 102 valence electrons. The third-order valence-electron chi connectivity index (χ3n) is 2.68. The Morgan fingerprint density at radius 2 is 2.15 bits per heavy atom. The number of aryl methyl sites for hydroxylation is 1. The second-order valence-electron chi connectivity index (χ2n) is 4.05. The van der Waals surface area contributed by atoms with Crippen molar-refractivity contribution in [2.24, 2.45) is 0 Å². The fraction of sp³-hybridized carbons (Fsp3) is 0.0769. The number of nitro groups is 1. The number of nitrogens with zero attached hydrogens (tertiary/aromatic N) is 2. The summed E-state index contributed by atoms with van der Waals surface area (Å²) in [5.74, 6) is -0.896. The molecule has 2 N–H and O–H groups in total. The van der Waals surface area contributed by atoms with Crippen LogP contribution in [0.4, 0.5) is 11.4 Å². The van der Waals surface area contributed by atoms with Gasteiger partial charge in [-0.25, -0.2) is 0 Å². The first-order valence-electron chi connectivity index (χ1n) is 5.69. The first-order valence-corrected chi connectivity index (χ1v) is 5.69. The smallest absolute Gasteiger partial charge is 0.282 e. The molecular weight excluding hydrogens is 262 g/mol. The van der Waals surface area contributed by atoms with E-state index in [0.29, 0.717) is 11.4 Å². The molecule has 0 unspecified atom stereocenters. The number of nitro benzene ring substituents is 1. The van der Waals surface area contributed by atoms with E-state index in [9.17, 15) is 20.0 Å². The van der Waals surface area contributed by atoms with Crippen LogP contribution in [0.3, 0.4) is 0 Å². The number of rotatable bonds is 3. The maximum absolute atomic E-state index is 12.1. The third kappa shape index (κ3) is 2.72. The number of phenolic OH excluding ortho intramolecular Hbond substituents is 1.